The van der Waals surface area contributed by atoms with Gasteiger partial charge < -0.3 is 13.7 Å². The largest absolute Gasteiger partial charge is 0.452 e. The van der Waals surface area contributed by atoms with Gasteiger partial charge in [-0.3, -0.25) is 10.1 Å². The average molecular weight is 342 g/mol. The summed E-state index contributed by atoms with van der Waals surface area (Å²) in [6.07, 6.45) is 0. The van der Waals surface area contributed by atoms with Crippen molar-refractivity contribution in [1.29, 1.82) is 0 Å². The lowest BCUT2D eigenvalue weighted by Gasteiger charge is -2.03. The maximum atomic E-state index is 11.9. The molecular formula is C16H14N4O5. The van der Waals surface area contributed by atoms with Crippen molar-refractivity contribution in [2.45, 2.75) is 13.8 Å². The maximum Gasteiger partial charge on any atom is 0.344 e. The molecule has 0 aliphatic heterocycles. The number of carbonyl (C=O) groups excluding carboxylic acids is 2. The van der Waals surface area contributed by atoms with Crippen LogP contribution in [0.25, 0.3) is 11.5 Å². The molecule has 128 valence electrons. The number of amides is 1. The van der Waals surface area contributed by atoms with Gasteiger partial charge in [0, 0.05) is 5.56 Å². The SMILES string of the molecule is Cc1noc(C)c1C(=O)OCC(=O)Nc1nnc(-c2ccccc2)o1. The molecule has 1 amide bonds. The molecule has 0 aliphatic rings. The molecular weight excluding hydrogens is 328 g/mol. The van der Waals surface area contributed by atoms with Crippen LogP contribution in [0.4, 0.5) is 6.01 Å². The second kappa shape index (κ2) is 6.95. The van der Waals surface area contributed by atoms with Crippen LogP contribution in [-0.4, -0.2) is 33.8 Å². The third kappa shape index (κ3) is 3.71. The highest BCUT2D eigenvalue weighted by molar-refractivity contribution is 5.95. The molecule has 0 spiro atoms. The van der Waals surface area contributed by atoms with Crippen molar-refractivity contribution in [3.63, 3.8) is 0 Å². The molecule has 0 radical (unpaired) electrons. The van der Waals surface area contributed by atoms with Gasteiger partial charge in [0.1, 0.15) is 11.3 Å². The number of aromatic nitrogens is 3. The van der Waals surface area contributed by atoms with Crippen molar-refractivity contribution in [3.8, 4) is 11.5 Å². The standard InChI is InChI=1S/C16H14N4O5/c1-9-13(10(2)25-20-9)15(22)23-8-12(21)17-16-19-18-14(24-16)11-6-4-3-5-7-11/h3-7H,8H2,1-2H3,(H,17,19,21). The van der Waals surface area contributed by atoms with E-state index in [2.05, 4.69) is 20.7 Å². The molecule has 3 aromatic rings. The second-order valence-electron chi connectivity index (χ2n) is 5.10. The van der Waals surface area contributed by atoms with Crippen LogP contribution >= 0.6 is 0 Å². The summed E-state index contributed by atoms with van der Waals surface area (Å²) < 4.78 is 15.1. The molecule has 0 saturated heterocycles. The highest BCUT2D eigenvalue weighted by Gasteiger charge is 2.20. The molecule has 3 rings (SSSR count). The number of ether oxygens (including phenoxy) is 1. The number of aryl methyl sites for hydroxylation is 2. The van der Waals surface area contributed by atoms with Crippen molar-refractivity contribution in [2.75, 3.05) is 11.9 Å². The number of nitrogens with zero attached hydrogens (tertiary/aromatic N) is 3. The first-order valence-electron chi connectivity index (χ1n) is 7.33. The van der Waals surface area contributed by atoms with Crippen LogP contribution in [0, 0.1) is 13.8 Å². The molecule has 0 saturated carbocycles. The number of carbonyl (C=O) groups is 2. The topological polar surface area (TPSA) is 120 Å². The van der Waals surface area contributed by atoms with Gasteiger partial charge in [0.05, 0.1) is 5.69 Å². The highest BCUT2D eigenvalue weighted by atomic mass is 16.5. The lowest BCUT2D eigenvalue weighted by Crippen LogP contribution is -2.21. The summed E-state index contributed by atoms with van der Waals surface area (Å²) in [4.78, 5) is 23.8. The summed E-state index contributed by atoms with van der Waals surface area (Å²) >= 11 is 0. The number of esters is 1. The van der Waals surface area contributed by atoms with Gasteiger partial charge in [-0.25, -0.2) is 4.79 Å². The minimum Gasteiger partial charge on any atom is -0.452 e. The normalized spacial score (nSPS) is 10.5. The lowest BCUT2D eigenvalue weighted by molar-refractivity contribution is -0.119. The molecule has 9 heteroatoms. The summed E-state index contributed by atoms with van der Waals surface area (Å²) in [6, 6.07) is 9.01. The number of rotatable bonds is 5. The van der Waals surface area contributed by atoms with Crippen LogP contribution in [0.15, 0.2) is 39.3 Å². The van der Waals surface area contributed by atoms with Crippen LogP contribution in [0.1, 0.15) is 21.8 Å². The Morgan fingerprint density at radius 1 is 1.16 bits per heavy atom. The minimum absolute atomic E-state index is 0.0859. The van der Waals surface area contributed by atoms with Gasteiger partial charge in [-0.2, -0.15) is 0 Å². The molecule has 0 unspecified atom stereocenters. The first-order chi connectivity index (χ1) is 12.0. The zero-order valence-corrected chi connectivity index (χ0v) is 13.5. The zero-order chi connectivity index (χ0) is 17.8. The van der Waals surface area contributed by atoms with Crippen LogP contribution in [-0.2, 0) is 9.53 Å². The van der Waals surface area contributed by atoms with Gasteiger partial charge in [0.25, 0.3) is 5.91 Å². The fourth-order valence-corrected chi connectivity index (χ4v) is 2.10. The van der Waals surface area contributed by atoms with E-state index in [0.29, 0.717) is 11.5 Å². The van der Waals surface area contributed by atoms with Crippen LogP contribution in [0.5, 0.6) is 0 Å². The Hall–Kier alpha value is -3.49. The minimum atomic E-state index is -0.693. The Bertz CT molecular complexity index is 881. The van der Waals surface area contributed by atoms with E-state index >= 15 is 0 Å². The Kier molecular flexibility index (Phi) is 4.55. The van der Waals surface area contributed by atoms with E-state index in [0.717, 1.165) is 5.56 Å². The fourth-order valence-electron chi connectivity index (χ4n) is 2.10. The first-order valence-corrected chi connectivity index (χ1v) is 7.33. The molecule has 25 heavy (non-hydrogen) atoms. The summed E-state index contributed by atoms with van der Waals surface area (Å²) in [5.41, 5.74) is 1.32. The quantitative estimate of drug-likeness (QED) is 0.700. The van der Waals surface area contributed by atoms with E-state index in [1.165, 1.54) is 0 Å². The molecule has 2 heterocycles. The van der Waals surface area contributed by atoms with E-state index in [9.17, 15) is 9.59 Å². The van der Waals surface area contributed by atoms with Gasteiger partial charge >= 0.3 is 12.0 Å². The molecule has 1 N–H and O–H groups in total. The summed E-state index contributed by atoms with van der Waals surface area (Å²) in [5.74, 6) is -0.707. The lowest BCUT2D eigenvalue weighted by atomic mass is 10.2. The summed E-state index contributed by atoms with van der Waals surface area (Å²) in [5, 5.41) is 13.6. The molecule has 0 atom stereocenters. The molecule has 1 aromatic carbocycles. The number of hydrogen-bond acceptors (Lipinski definition) is 8. The van der Waals surface area contributed by atoms with Gasteiger partial charge in [-0.05, 0) is 26.0 Å². The van der Waals surface area contributed by atoms with Crippen LogP contribution in [0.2, 0.25) is 0 Å². The molecule has 0 bridgehead atoms. The third-order valence-corrected chi connectivity index (χ3v) is 3.26. The Morgan fingerprint density at radius 3 is 2.60 bits per heavy atom. The van der Waals surface area contributed by atoms with E-state index in [1.807, 2.05) is 18.2 Å². The van der Waals surface area contributed by atoms with E-state index in [1.54, 1.807) is 26.0 Å². The number of hydrogen-bond donors (Lipinski definition) is 1. The molecule has 0 aliphatic carbocycles. The Labute approximate surface area is 142 Å². The number of nitrogens with one attached hydrogen (secondary N) is 1. The summed E-state index contributed by atoms with van der Waals surface area (Å²) in [7, 11) is 0. The van der Waals surface area contributed by atoms with Gasteiger partial charge in [0.15, 0.2) is 6.61 Å². The van der Waals surface area contributed by atoms with Gasteiger partial charge in [-0.15, -0.1) is 5.10 Å². The molecule has 2 aromatic heterocycles. The van der Waals surface area contributed by atoms with Gasteiger partial charge in [-0.1, -0.05) is 28.5 Å². The van der Waals surface area contributed by atoms with Crippen molar-refractivity contribution in [3.05, 3.63) is 47.3 Å². The number of anilines is 1. The second-order valence-corrected chi connectivity index (χ2v) is 5.10. The maximum absolute atomic E-state index is 11.9. The predicted molar refractivity (Wildman–Crippen MR) is 84.6 cm³/mol. The number of benzene rings is 1. The van der Waals surface area contributed by atoms with E-state index in [4.69, 9.17) is 13.7 Å². The average Bonchev–Trinajstić information content (AvgIpc) is 3.20. The van der Waals surface area contributed by atoms with Crippen molar-refractivity contribution >= 4 is 17.9 Å². The fraction of sp³-hybridized carbons (Fsp3) is 0.188. The van der Waals surface area contributed by atoms with Crippen molar-refractivity contribution < 1.29 is 23.3 Å². The Balaban J connectivity index is 1.57. The predicted octanol–water partition coefficient (Wildman–Crippen LogP) is 2.14. The first kappa shape index (κ1) is 16.4. The monoisotopic (exact) mass is 342 g/mol. The van der Waals surface area contributed by atoms with Crippen molar-refractivity contribution in [1.82, 2.24) is 15.4 Å². The van der Waals surface area contributed by atoms with Crippen LogP contribution in [0.3, 0.4) is 0 Å². The Morgan fingerprint density at radius 2 is 1.92 bits per heavy atom. The highest BCUT2D eigenvalue weighted by Crippen LogP contribution is 2.19. The van der Waals surface area contributed by atoms with E-state index < -0.39 is 18.5 Å². The molecule has 0 fully saturated rings. The summed E-state index contributed by atoms with van der Waals surface area (Å²) in [6.45, 7) is 2.68. The van der Waals surface area contributed by atoms with Crippen LogP contribution < -0.4 is 5.32 Å². The third-order valence-electron chi connectivity index (χ3n) is 3.26. The zero-order valence-electron chi connectivity index (χ0n) is 13.5. The van der Waals surface area contributed by atoms with Gasteiger partial charge in [0.2, 0.25) is 5.89 Å². The smallest absolute Gasteiger partial charge is 0.344 e. The van der Waals surface area contributed by atoms with E-state index in [-0.39, 0.29) is 17.5 Å². The van der Waals surface area contributed by atoms with Crippen molar-refractivity contribution in [2.24, 2.45) is 0 Å². The molecule has 9 nitrogen and oxygen atoms in total.